The molecule has 0 spiro atoms. The third kappa shape index (κ3) is 3.58. The van der Waals surface area contributed by atoms with Crippen LogP contribution < -0.4 is 11.1 Å². The van der Waals surface area contributed by atoms with Gasteiger partial charge in [0.2, 0.25) is 5.89 Å². The highest BCUT2D eigenvalue weighted by Gasteiger charge is 2.37. The molecule has 0 bridgehead atoms. The molecule has 5 heterocycles. The zero-order chi connectivity index (χ0) is 22.5. The summed E-state index contributed by atoms with van der Waals surface area (Å²) in [4.78, 5) is 30.4. The van der Waals surface area contributed by atoms with Crippen molar-refractivity contribution in [3.63, 3.8) is 0 Å². The Labute approximate surface area is 183 Å². The summed E-state index contributed by atoms with van der Waals surface area (Å²) in [6.45, 7) is 6.36. The summed E-state index contributed by atoms with van der Waals surface area (Å²) in [5.41, 5.74) is 9.27. The number of nitrogens with one attached hydrogen (secondary N) is 1. The van der Waals surface area contributed by atoms with Gasteiger partial charge in [-0.05, 0) is 32.9 Å². The minimum Gasteiger partial charge on any atom is -0.443 e. The van der Waals surface area contributed by atoms with Gasteiger partial charge in [0, 0.05) is 36.6 Å². The molecule has 1 fully saturated rings. The smallest absolute Gasteiger partial charge is 0.273 e. The van der Waals surface area contributed by atoms with Crippen molar-refractivity contribution < 1.29 is 13.9 Å². The van der Waals surface area contributed by atoms with Gasteiger partial charge in [-0.15, -0.1) is 0 Å². The Morgan fingerprint density at radius 2 is 2.09 bits per heavy atom. The summed E-state index contributed by atoms with van der Waals surface area (Å²) in [7, 11) is 0. The zero-order valence-electron chi connectivity index (χ0n) is 18.0. The minimum atomic E-state index is -0.414. The maximum atomic E-state index is 12.9. The molecular formula is C22H23N7O3. The van der Waals surface area contributed by atoms with Gasteiger partial charge in [-0.25, -0.2) is 19.9 Å². The fraction of sp³-hybridized carbons (Fsp3) is 0.318. The van der Waals surface area contributed by atoms with Crippen LogP contribution in [0, 0.1) is 6.92 Å². The molecule has 3 N–H and O–H groups in total. The second kappa shape index (κ2) is 7.41. The minimum absolute atomic E-state index is 0.00537. The van der Waals surface area contributed by atoms with Crippen LogP contribution in [-0.4, -0.2) is 48.5 Å². The zero-order valence-corrected chi connectivity index (χ0v) is 18.0. The third-order valence-electron chi connectivity index (χ3n) is 5.43. The Kier molecular flexibility index (Phi) is 4.66. The summed E-state index contributed by atoms with van der Waals surface area (Å²) >= 11 is 0. The maximum Gasteiger partial charge on any atom is 0.273 e. The van der Waals surface area contributed by atoms with Gasteiger partial charge in [-0.1, -0.05) is 0 Å². The molecule has 0 radical (unpaired) electrons. The van der Waals surface area contributed by atoms with Gasteiger partial charge in [-0.3, -0.25) is 4.79 Å². The number of aryl methyl sites for hydroxylation is 1. The van der Waals surface area contributed by atoms with Gasteiger partial charge in [0.25, 0.3) is 5.91 Å². The van der Waals surface area contributed by atoms with Crippen LogP contribution in [-0.2, 0) is 4.74 Å². The number of ether oxygens (including phenoxy) is 1. The predicted octanol–water partition coefficient (Wildman–Crippen LogP) is 2.63. The number of nitrogens with two attached hydrogens (primary N) is 1. The van der Waals surface area contributed by atoms with Crippen molar-refractivity contribution in [3.05, 3.63) is 48.4 Å². The topological polar surface area (TPSA) is 133 Å². The van der Waals surface area contributed by atoms with E-state index in [2.05, 4.69) is 25.3 Å². The van der Waals surface area contributed by atoms with E-state index in [1.165, 1.54) is 12.5 Å². The van der Waals surface area contributed by atoms with E-state index in [1.807, 2.05) is 43.5 Å². The number of fused-ring (bicyclic) bond motifs is 1. The highest BCUT2D eigenvalue weighted by Crippen LogP contribution is 2.32. The summed E-state index contributed by atoms with van der Waals surface area (Å²) in [5, 5.41) is 2.85. The fourth-order valence-corrected chi connectivity index (χ4v) is 3.94. The van der Waals surface area contributed by atoms with Crippen molar-refractivity contribution >= 4 is 17.4 Å². The normalized spacial score (nSPS) is 17.3. The van der Waals surface area contributed by atoms with Crippen molar-refractivity contribution in [2.75, 3.05) is 12.3 Å². The number of rotatable bonds is 5. The van der Waals surface area contributed by atoms with Crippen LogP contribution in [0.15, 0.2) is 41.4 Å². The molecule has 1 amide bonds. The lowest BCUT2D eigenvalue weighted by Gasteiger charge is -2.43. The molecule has 1 aliphatic rings. The van der Waals surface area contributed by atoms with Crippen LogP contribution in [0.5, 0.6) is 0 Å². The number of amides is 1. The number of anilines is 1. The molecule has 10 heteroatoms. The number of oxazole rings is 1. The molecule has 1 aliphatic heterocycles. The Bertz CT molecular complexity index is 1300. The molecule has 0 aliphatic carbocycles. The lowest BCUT2D eigenvalue weighted by molar-refractivity contribution is -0.180. The second-order valence-corrected chi connectivity index (χ2v) is 8.45. The van der Waals surface area contributed by atoms with E-state index in [0.717, 1.165) is 23.3 Å². The number of carbonyl (C=O) groups is 1. The first-order chi connectivity index (χ1) is 15.3. The molecule has 0 aromatic carbocycles. The largest absolute Gasteiger partial charge is 0.443 e. The van der Waals surface area contributed by atoms with Gasteiger partial charge in [0.15, 0.2) is 17.2 Å². The number of nitrogen functional groups attached to an aromatic ring is 1. The van der Waals surface area contributed by atoms with Crippen LogP contribution in [0.2, 0.25) is 0 Å². The summed E-state index contributed by atoms with van der Waals surface area (Å²) in [6, 6.07) is 3.73. The molecular weight excluding hydrogens is 410 g/mol. The predicted molar refractivity (Wildman–Crippen MR) is 117 cm³/mol. The van der Waals surface area contributed by atoms with Crippen molar-refractivity contribution in [3.8, 4) is 22.8 Å². The van der Waals surface area contributed by atoms with Crippen LogP contribution >= 0.6 is 0 Å². The standard InChI is InChI=1S/C22H23N7O3/c1-12-9-25-15-5-4-13(11-29(12)15)16-17(21-24-6-7-31-21)28-19(23)18(27-16)20(30)26-10-14-8-22(2,3)32-14/h4-7,9,11,14H,8,10H2,1-3H3,(H2,23,28)(H,26,30). The van der Waals surface area contributed by atoms with E-state index in [-0.39, 0.29) is 29.1 Å². The highest BCUT2D eigenvalue weighted by molar-refractivity contribution is 5.97. The molecule has 1 saturated heterocycles. The van der Waals surface area contributed by atoms with Crippen LogP contribution in [0.25, 0.3) is 28.5 Å². The van der Waals surface area contributed by atoms with Crippen molar-refractivity contribution in [1.29, 1.82) is 0 Å². The van der Waals surface area contributed by atoms with E-state index in [0.29, 0.717) is 17.9 Å². The molecule has 5 rings (SSSR count). The molecule has 4 aromatic rings. The van der Waals surface area contributed by atoms with Crippen LogP contribution in [0.3, 0.4) is 0 Å². The first-order valence-corrected chi connectivity index (χ1v) is 10.3. The molecule has 4 aromatic heterocycles. The number of aromatic nitrogens is 5. The summed E-state index contributed by atoms with van der Waals surface area (Å²) in [5.74, 6) is -0.156. The summed E-state index contributed by atoms with van der Waals surface area (Å²) < 4.78 is 13.1. The fourth-order valence-electron chi connectivity index (χ4n) is 3.94. The number of nitrogens with zero attached hydrogens (tertiary/aromatic N) is 5. The van der Waals surface area contributed by atoms with Crippen LogP contribution in [0.4, 0.5) is 5.82 Å². The van der Waals surface area contributed by atoms with E-state index < -0.39 is 5.91 Å². The highest BCUT2D eigenvalue weighted by atomic mass is 16.5. The Balaban J connectivity index is 1.53. The number of imidazole rings is 1. The maximum absolute atomic E-state index is 12.9. The molecule has 1 atom stereocenters. The molecule has 0 saturated carbocycles. The second-order valence-electron chi connectivity index (χ2n) is 8.45. The monoisotopic (exact) mass is 433 g/mol. The number of hydrogen-bond acceptors (Lipinski definition) is 8. The molecule has 32 heavy (non-hydrogen) atoms. The molecule has 1 unspecified atom stereocenters. The van der Waals surface area contributed by atoms with Gasteiger partial charge >= 0.3 is 0 Å². The van der Waals surface area contributed by atoms with Gasteiger partial charge in [-0.2, -0.15) is 0 Å². The number of pyridine rings is 1. The summed E-state index contributed by atoms with van der Waals surface area (Å²) in [6.07, 6.45) is 7.47. The number of hydrogen-bond donors (Lipinski definition) is 2. The lowest BCUT2D eigenvalue weighted by atomic mass is 9.93. The first-order valence-electron chi connectivity index (χ1n) is 10.3. The van der Waals surface area contributed by atoms with Crippen molar-refractivity contribution in [2.45, 2.75) is 38.9 Å². The van der Waals surface area contributed by atoms with Crippen molar-refractivity contribution in [2.24, 2.45) is 0 Å². The van der Waals surface area contributed by atoms with Crippen molar-refractivity contribution in [1.82, 2.24) is 29.7 Å². The quantitative estimate of drug-likeness (QED) is 0.491. The Morgan fingerprint density at radius 3 is 2.81 bits per heavy atom. The van der Waals surface area contributed by atoms with E-state index in [9.17, 15) is 4.79 Å². The van der Waals surface area contributed by atoms with Gasteiger partial charge < -0.3 is 24.6 Å². The Hall–Kier alpha value is -3.79. The SMILES string of the molecule is Cc1cnc2ccc(-c3nc(C(=O)NCC4CC(C)(C)O4)c(N)nc3-c3ncco3)cn12. The first kappa shape index (κ1) is 20.1. The third-order valence-corrected chi connectivity index (χ3v) is 5.43. The van der Waals surface area contributed by atoms with Gasteiger partial charge in [0.05, 0.1) is 17.9 Å². The number of carbonyl (C=O) groups excluding carboxylic acids is 1. The average molecular weight is 433 g/mol. The van der Waals surface area contributed by atoms with E-state index in [4.69, 9.17) is 14.9 Å². The average Bonchev–Trinajstić information content (AvgIpc) is 3.40. The Morgan fingerprint density at radius 1 is 1.28 bits per heavy atom. The lowest BCUT2D eigenvalue weighted by Crippen LogP contribution is -2.51. The van der Waals surface area contributed by atoms with E-state index >= 15 is 0 Å². The molecule has 164 valence electrons. The van der Waals surface area contributed by atoms with E-state index in [1.54, 1.807) is 6.20 Å². The molecule has 10 nitrogen and oxygen atoms in total. The van der Waals surface area contributed by atoms with Crippen LogP contribution in [0.1, 0.15) is 36.5 Å². The van der Waals surface area contributed by atoms with Gasteiger partial charge in [0.1, 0.15) is 17.6 Å².